The maximum atomic E-state index is 5.39. The normalized spacial score (nSPS) is 15.0. The third kappa shape index (κ3) is 1.69. The largest absolute Gasteiger partial charge is 0.376 e. The quantitative estimate of drug-likeness (QED) is 0.590. The van der Waals surface area contributed by atoms with Gasteiger partial charge in [-0.1, -0.05) is 11.8 Å². The van der Waals surface area contributed by atoms with Crippen molar-refractivity contribution in [3.63, 3.8) is 0 Å². The van der Waals surface area contributed by atoms with Crippen LogP contribution in [0.1, 0.15) is 11.3 Å². The first-order valence-corrected chi connectivity index (χ1v) is 5.77. The summed E-state index contributed by atoms with van der Waals surface area (Å²) in [6.45, 7) is 1.39. The van der Waals surface area contributed by atoms with E-state index in [-0.39, 0.29) is 0 Å². The Morgan fingerprint density at radius 3 is 3.00 bits per heavy atom. The van der Waals surface area contributed by atoms with E-state index < -0.39 is 0 Å². The predicted octanol–water partition coefficient (Wildman–Crippen LogP) is 1.31. The van der Waals surface area contributed by atoms with E-state index in [9.17, 15) is 0 Å². The van der Waals surface area contributed by atoms with Crippen LogP contribution in [0.4, 0.5) is 5.82 Å². The van der Waals surface area contributed by atoms with Crippen LogP contribution in [0.2, 0.25) is 0 Å². The minimum Gasteiger partial charge on any atom is -0.376 e. The van der Waals surface area contributed by atoms with E-state index in [1.807, 2.05) is 13.3 Å². The van der Waals surface area contributed by atoms with E-state index in [1.54, 1.807) is 11.8 Å². The number of nitrogens with one attached hydrogen (secondary N) is 1. The Labute approximate surface area is 87.5 Å². The van der Waals surface area contributed by atoms with E-state index in [1.165, 1.54) is 0 Å². The van der Waals surface area contributed by atoms with Gasteiger partial charge in [0.25, 0.3) is 0 Å². The second-order valence-corrected chi connectivity index (χ2v) is 3.81. The Hall–Kier alpha value is -0.810. The summed E-state index contributed by atoms with van der Waals surface area (Å²) >= 11 is 1.57. The molecule has 2 rings (SSSR count). The van der Waals surface area contributed by atoms with Crippen molar-refractivity contribution in [1.29, 1.82) is 0 Å². The van der Waals surface area contributed by atoms with E-state index in [0.717, 1.165) is 35.3 Å². The van der Waals surface area contributed by atoms with Gasteiger partial charge >= 0.3 is 0 Å². The highest BCUT2D eigenvalue weighted by atomic mass is 32.2. The summed E-state index contributed by atoms with van der Waals surface area (Å²) < 4.78 is 5.39. The minimum atomic E-state index is 0.625. The molecule has 0 spiro atoms. The van der Waals surface area contributed by atoms with Crippen molar-refractivity contribution in [2.45, 2.75) is 18.2 Å². The first-order chi connectivity index (χ1) is 6.85. The Kier molecular flexibility index (Phi) is 2.88. The molecule has 5 heteroatoms. The number of thioether (sulfide) groups is 1. The summed E-state index contributed by atoms with van der Waals surface area (Å²) in [5.74, 6) is 0.902. The van der Waals surface area contributed by atoms with Crippen LogP contribution in [-0.4, -0.2) is 29.9 Å². The van der Waals surface area contributed by atoms with Gasteiger partial charge in [0.1, 0.15) is 5.82 Å². The van der Waals surface area contributed by atoms with E-state index in [2.05, 4.69) is 15.3 Å². The number of nitrogens with zero attached hydrogens (tertiary/aromatic N) is 2. The highest BCUT2D eigenvalue weighted by molar-refractivity contribution is 7.98. The van der Waals surface area contributed by atoms with E-state index in [0.29, 0.717) is 6.61 Å². The Morgan fingerprint density at radius 1 is 1.43 bits per heavy atom. The molecule has 0 amide bonds. The summed E-state index contributed by atoms with van der Waals surface area (Å²) in [5.41, 5.74) is 2.23. The van der Waals surface area contributed by atoms with Gasteiger partial charge in [0, 0.05) is 19.0 Å². The van der Waals surface area contributed by atoms with Crippen molar-refractivity contribution < 1.29 is 4.74 Å². The van der Waals surface area contributed by atoms with Crippen molar-refractivity contribution >= 4 is 17.6 Å². The second-order valence-electron chi connectivity index (χ2n) is 3.04. The molecule has 4 nitrogen and oxygen atoms in total. The zero-order chi connectivity index (χ0) is 9.97. The number of fused-ring (bicyclic) bond motifs is 1. The highest BCUT2D eigenvalue weighted by Crippen LogP contribution is 2.24. The molecule has 1 aromatic rings. The fourth-order valence-electron chi connectivity index (χ4n) is 1.51. The van der Waals surface area contributed by atoms with Crippen molar-refractivity contribution in [2.75, 3.05) is 25.2 Å². The molecule has 0 unspecified atom stereocenters. The fraction of sp³-hybridized carbons (Fsp3) is 0.556. The molecule has 1 aliphatic rings. The zero-order valence-corrected chi connectivity index (χ0v) is 9.15. The lowest BCUT2D eigenvalue weighted by Crippen LogP contribution is -2.15. The lowest BCUT2D eigenvalue weighted by Gasteiger charge is -2.18. The van der Waals surface area contributed by atoms with Gasteiger partial charge in [0.2, 0.25) is 0 Å². The summed E-state index contributed by atoms with van der Waals surface area (Å²) in [6, 6.07) is 0. The summed E-state index contributed by atoms with van der Waals surface area (Å²) in [7, 11) is 1.88. The lowest BCUT2D eigenvalue weighted by molar-refractivity contribution is 0.109. The molecule has 0 saturated carbocycles. The van der Waals surface area contributed by atoms with Crippen molar-refractivity contribution in [3.05, 3.63) is 11.3 Å². The molecule has 0 aromatic carbocycles. The van der Waals surface area contributed by atoms with Crippen molar-refractivity contribution in [1.82, 2.24) is 9.97 Å². The van der Waals surface area contributed by atoms with Gasteiger partial charge < -0.3 is 10.1 Å². The molecule has 0 atom stereocenters. The third-order valence-electron chi connectivity index (χ3n) is 2.22. The molecule has 1 aromatic heterocycles. The van der Waals surface area contributed by atoms with Crippen LogP contribution in [0.3, 0.4) is 0 Å². The van der Waals surface area contributed by atoms with E-state index in [4.69, 9.17) is 4.74 Å². The molecule has 14 heavy (non-hydrogen) atoms. The number of hydrogen-bond donors (Lipinski definition) is 1. The van der Waals surface area contributed by atoms with Crippen LogP contribution in [0, 0.1) is 0 Å². The van der Waals surface area contributed by atoms with Gasteiger partial charge in [0.05, 0.1) is 18.9 Å². The maximum Gasteiger partial charge on any atom is 0.189 e. The molecule has 0 saturated heterocycles. The van der Waals surface area contributed by atoms with Gasteiger partial charge in [0.15, 0.2) is 5.16 Å². The van der Waals surface area contributed by atoms with Gasteiger partial charge in [-0.2, -0.15) is 0 Å². The molecule has 1 N–H and O–H groups in total. The monoisotopic (exact) mass is 211 g/mol. The van der Waals surface area contributed by atoms with E-state index >= 15 is 0 Å². The van der Waals surface area contributed by atoms with Gasteiger partial charge in [-0.3, -0.25) is 0 Å². The molecule has 76 valence electrons. The molecular weight excluding hydrogens is 198 g/mol. The topological polar surface area (TPSA) is 47.0 Å². The number of aromatic nitrogens is 2. The minimum absolute atomic E-state index is 0.625. The summed E-state index contributed by atoms with van der Waals surface area (Å²) in [4.78, 5) is 8.86. The predicted molar refractivity (Wildman–Crippen MR) is 56.7 cm³/mol. The molecule has 0 fully saturated rings. The van der Waals surface area contributed by atoms with Crippen LogP contribution < -0.4 is 5.32 Å². The van der Waals surface area contributed by atoms with Gasteiger partial charge in [-0.05, 0) is 6.26 Å². The number of ether oxygens (including phenoxy) is 1. The Balaban J connectivity index is 2.47. The lowest BCUT2D eigenvalue weighted by atomic mass is 10.1. The van der Waals surface area contributed by atoms with Crippen molar-refractivity contribution in [2.24, 2.45) is 0 Å². The van der Waals surface area contributed by atoms with Crippen LogP contribution >= 0.6 is 11.8 Å². The number of rotatable bonds is 2. The first-order valence-electron chi connectivity index (χ1n) is 4.54. The highest BCUT2D eigenvalue weighted by Gasteiger charge is 2.16. The average Bonchev–Trinajstić information content (AvgIpc) is 2.27. The number of anilines is 1. The molecule has 0 bridgehead atoms. The van der Waals surface area contributed by atoms with Crippen LogP contribution in [0.25, 0.3) is 0 Å². The SMILES string of the molecule is CNc1nc(SC)nc2c1COCC2. The number of hydrogen-bond acceptors (Lipinski definition) is 5. The van der Waals surface area contributed by atoms with Gasteiger partial charge in [-0.15, -0.1) is 0 Å². The van der Waals surface area contributed by atoms with Crippen molar-refractivity contribution in [3.8, 4) is 0 Å². The maximum absolute atomic E-state index is 5.39. The standard InChI is InChI=1S/C9H13N3OS/c1-10-8-6-5-13-4-3-7(6)11-9(12-8)14-2/h3-5H2,1-2H3,(H,10,11,12). The van der Waals surface area contributed by atoms with Gasteiger partial charge in [-0.25, -0.2) is 9.97 Å². The van der Waals surface area contributed by atoms with Crippen LogP contribution in [0.5, 0.6) is 0 Å². The fourth-order valence-corrected chi connectivity index (χ4v) is 1.89. The third-order valence-corrected chi connectivity index (χ3v) is 2.77. The summed E-state index contributed by atoms with van der Waals surface area (Å²) in [6.07, 6.45) is 2.88. The zero-order valence-electron chi connectivity index (χ0n) is 8.33. The smallest absolute Gasteiger partial charge is 0.189 e. The van der Waals surface area contributed by atoms with Crippen LogP contribution in [-0.2, 0) is 17.8 Å². The Bertz CT molecular complexity index is 326. The first kappa shape index (κ1) is 9.73. The Morgan fingerprint density at radius 2 is 2.29 bits per heavy atom. The summed E-state index contributed by atoms with van der Waals surface area (Å²) in [5, 5.41) is 3.91. The molecule has 1 aliphatic heterocycles. The molecule has 0 radical (unpaired) electrons. The molecule has 0 aliphatic carbocycles. The second kappa shape index (κ2) is 4.14. The average molecular weight is 211 g/mol. The molecular formula is C9H13N3OS. The molecule has 2 heterocycles. The van der Waals surface area contributed by atoms with Crippen LogP contribution in [0.15, 0.2) is 5.16 Å².